The Balaban J connectivity index is 1.89. The fourth-order valence-electron chi connectivity index (χ4n) is 2.01. The van der Waals surface area contributed by atoms with Gasteiger partial charge in [0.05, 0.1) is 0 Å². The molecule has 114 valence electrons. The van der Waals surface area contributed by atoms with Crippen LogP contribution < -0.4 is 5.32 Å². The zero-order valence-electron chi connectivity index (χ0n) is 12.2. The summed E-state index contributed by atoms with van der Waals surface area (Å²) in [6, 6.07) is 15.3. The summed E-state index contributed by atoms with van der Waals surface area (Å²) in [4.78, 5) is 11.9. The van der Waals surface area contributed by atoms with Gasteiger partial charge in [-0.25, -0.2) is 0 Å². The number of benzene rings is 2. The zero-order chi connectivity index (χ0) is 15.9. The van der Waals surface area contributed by atoms with Crippen molar-refractivity contribution >= 4 is 35.2 Å². The van der Waals surface area contributed by atoms with Crippen LogP contribution in [-0.4, -0.2) is 12.5 Å². The number of carbonyl (C=O) groups is 1. The van der Waals surface area contributed by atoms with Crippen molar-refractivity contribution in [2.45, 2.75) is 12.8 Å². The lowest BCUT2D eigenvalue weighted by Crippen LogP contribution is -2.25. The van der Waals surface area contributed by atoms with Crippen LogP contribution in [0.4, 0.5) is 0 Å². The van der Waals surface area contributed by atoms with E-state index in [2.05, 4.69) is 24.4 Å². The molecule has 0 radical (unpaired) electrons. The lowest BCUT2D eigenvalue weighted by molar-refractivity contribution is -0.116. The van der Waals surface area contributed by atoms with Crippen LogP contribution in [-0.2, 0) is 4.79 Å². The maximum atomic E-state index is 11.9. The molecule has 4 heteroatoms. The first kappa shape index (κ1) is 16.6. The first-order valence-electron chi connectivity index (χ1n) is 7.02. The van der Waals surface area contributed by atoms with E-state index in [1.165, 1.54) is 11.6 Å². The average Bonchev–Trinajstić information content (AvgIpc) is 2.52. The molecule has 1 amide bonds. The number of nitrogens with one attached hydrogen (secondary N) is 1. The minimum atomic E-state index is -0.145. The number of rotatable bonds is 5. The maximum absolute atomic E-state index is 11.9. The van der Waals surface area contributed by atoms with Gasteiger partial charge in [-0.1, -0.05) is 66.5 Å². The quantitative estimate of drug-likeness (QED) is 0.772. The van der Waals surface area contributed by atoms with Crippen molar-refractivity contribution in [3.8, 4) is 0 Å². The van der Waals surface area contributed by atoms with Crippen molar-refractivity contribution in [3.05, 3.63) is 75.8 Å². The van der Waals surface area contributed by atoms with Crippen LogP contribution in [0.5, 0.6) is 0 Å². The van der Waals surface area contributed by atoms with Crippen LogP contribution in [0.3, 0.4) is 0 Å². The molecule has 2 nitrogen and oxygen atoms in total. The number of hydrogen-bond donors (Lipinski definition) is 1. The molecule has 0 fully saturated rings. The van der Waals surface area contributed by atoms with Crippen LogP contribution in [0, 0.1) is 0 Å². The van der Waals surface area contributed by atoms with Gasteiger partial charge in [0.2, 0.25) is 5.91 Å². The minimum Gasteiger partial charge on any atom is -0.352 e. The third-order valence-corrected chi connectivity index (χ3v) is 3.89. The van der Waals surface area contributed by atoms with Crippen LogP contribution in [0.25, 0.3) is 6.08 Å². The van der Waals surface area contributed by atoms with E-state index in [1.807, 2.05) is 18.2 Å². The van der Waals surface area contributed by atoms with Gasteiger partial charge in [-0.15, -0.1) is 0 Å². The Morgan fingerprint density at radius 3 is 2.59 bits per heavy atom. The van der Waals surface area contributed by atoms with Crippen molar-refractivity contribution in [3.63, 3.8) is 0 Å². The van der Waals surface area contributed by atoms with Crippen molar-refractivity contribution < 1.29 is 4.79 Å². The smallest absolute Gasteiger partial charge is 0.244 e. The van der Waals surface area contributed by atoms with E-state index < -0.39 is 0 Å². The van der Waals surface area contributed by atoms with E-state index in [1.54, 1.807) is 24.3 Å². The van der Waals surface area contributed by atoms with Crippen LogP contribution in [0.15, 0.2) is 54.6 Å². The molecule has 2 aromatic rings. The molecule has 0 unspecified atom stereocenters. The Bertz CT molecular complexity index is 668. The molecule has 0 aliphatic carbocycles. The van der Waals surface area contributed by atoms with E-state index in [9.17, 15) is 4.79 Å². The third-order valence-electron chi connectivity index (χ3n) is 3.33. The highest BCUT2D eigenvalue weighted by Crippen LogP contribution is 2.21. The molecule has 0 spiro atoms. The monoisotopic (exact) mass is 333 g/mol. The minimum absolute atomic E-state index is 0.145. The second kappa shape index (κ2) is 8.02. The Morgan fingerprint density at radius 1 is 1.18 bits per heavy atom. The lowest BCUT2D eigenvalue weighted by Gasteiger charge is -2.11. The van der Waals surface area contributed by atoms with Gasteiger partial charge in [0, 0.05) is 22.7 Å². The van der Waals surface area contributed by atoms with Crippen LogP contribution in [0.2, 0.25) is 10.0 Å². The topological polar surface area (TPSA) is 29.1 Å². The summed E-state index contributed by atoms with van der Waals surface area (Å²) < 4.78 is 0. The summed E-state index contributed by atoms with van der Waals surface area (Å²) >= 11 is 11.9. The first-order valence-corrected chi connectivity index (χ1v) is 7.78. The first-order chi connectivity index (χ1) is 10.6. The van der Waals surface area contributed by atoms with Gasteiger partial charge in [-0.3, -0.25) is 4.79 Å². The normalized spacial score (nSPS) is 12.3. The molecule has 2 aromatic carbocycles. The van der Waals surface area contributed by atoms with Crippen LogP contribution >= 0.6 is 23.2 Å². The number of carbonyl (C=O) groups excluding carboxylic acids is 1. The van der Waals surface area contributed by atoms with E-state index in [0.29, 0.717) is 16.6 Å². The SMILES string of the molecule is C[C@H](CNC(=O)/C=C/c1ccc(Cl)cc1Cl)c1ccccc1. The Kier molecular flexibility index (Phi) is 6.05. The van der Waals surface area contributed by atoms with Crippen LogP contribution in [0.1, 0.15) is 24.0 Å². The number of hydrogen-bond acceptors (Lipinski definition) is 1. The third kappa shape index (κ3) is 4.90. The summed E-state index contributed by atoms with van der Waals surface area (Å²) in [6.07, 6.45) is 3.16. The molecule has 1 atom stereocenters. The van der Waals surface area contributed by atoms with E-state index >= 15 is 0 Å². The number of halogens is 2. The summed E-state index contributed by atoms with van der Waals surface area (Å²) in [6.45, 7) is 2.66. The molecule has 2 rings (SSSR count). The summed E-state index contributed by atoms with van der Waals surface area (Å²) in [5, 5.41) is 3.98. The van der Waals surface area contributed by atoms with Crippen molar-refractivity contribution in [2.24, 2.45) is 0 Å². The molecule has 1 N–H and O–H groups in total. The van der Waals surface area contributed by atoms with Gasteiger partial charge >= 0.3 is 0 Å². The Labute approximate surface area is 140 Å². The average molecular weight is 334 g/mol. The fourth-order valence-corrected chi connectivity index (χ4v) is 2.49. The predicted molar refractivity (Wildman–Crippen MR) is 93.4 cm³/mol. The van der Waals surface area contributed by atoms with E-state index in [4.69, 9.17) is 23.2 Å². The molecule has 0 aliphatic rings. The molecule has 0 aromatic heterocycles. The summed E-state index contributed by atoms with van der Waals surface area (Å²) in [5.41, 5.74) is 1.96. The predicted octanol–water partition coefficient (Wildman–Crippen LogP) is 4.93. The van der Waals surface area contributed by atoms with Gasteiger partial charge < -0.3 is 5.32 Å². The Hall–Kier alpha value is -1.77. The van der Waals surface area contributed by atoms with Gasteiger partial charge in [0.25, 0.3) is 0 Å². The second-order valence-corrected chi connectivity index (χ2v) is 5.90. The van der Waals surface area contributed by atoms with Crippen molar-refractivity contribution in [1.29, 1.82) is 0 Å². The van der Waals surface area contributed by atoms with E-state index in [0.717, 1.165) is 5.56 Å². The molecule has 0 saturated carbocycles. The molecule has 0 aliphatic heterocycles. The highest BCUT2D eigenvalue weighted by Gasteiger charge is 2.06. The lowest BCUT2D eigenvalue weighted by atomic mass is 10.0. The standard InChI is InChI=1S/C18H17Cl2NO/c1-13(14-5-3-2-4-6-14)12-21-18(22)10-8-15-7-9-16(19)11-17(15)20/h2-11,13H,12H2,1H3,(H,21,22)/b10-8+/t13-/m1/s1. The zero-order valence-corrected chi connectivity index (χ0v) is 13.7. The fraction of sp³-hybridized carbons (Fsp3) is 0.167. The highest BCUT2D eigenvalue weighted by molar-refractivity contribution is 6.35. The van der Waals surface area contributed by atoms with Crippen molar-refractivity contribution in [2.75, 3.05) is 6.54 Å². The molecular weight excluding hydrogens is 317 g/mol. The van der Waals surface area contributed by atoms with Gasteiger partial charge in [0.15, 0.2) is 0 Å². The molecule has 0 saturated heterocycles. The maximum Gasteiger partial charge on any atom is 0.244 e. The van der Waals surface area contributed by atoms with Gasteiger partial charge in [0.1, 0.15) is 0 Å². The molecular formula is C18H17Cl2NO. The van der Waals surface area contributed by atoms with Crippen molar-refractivity contribution in [1.82, 2.24) is 5.32 Å². The summed E-state index contributed by atoms with van der Waals surface area (Å²) in [5.74, 6) is 0.117. The largest absolute Gasteiger partial charge is 0.352 e. The number of amides is 1. The highest BCUT2D eigenvalue weighted by atomic mass is 35.5. The van der Waals surface area contributed by atoms with E-state index in [-0.39, 0.29) is 11.8 Å². The Morgan fingerprint density at radius 2 is 1.91 bits per heavy atom. The second-order valence-electron chi connectivity index (χ2n) is 5.06. The molecule has 0 heterocycles. The summed E-state index contributed by atoms with van der Waals surface area (Å²) in [7, 11) is 0. The molecule has 22 heavy (non-hydrogen) atoms. The van der Waals surface area contributed by atoms with Gasteiger partial charge in [-0.2, -0.15) is 0 Å². The molecule has 0 bridgehead atoms. The van der Waals surface area contributed by atoms with Gasteiger partial charge in [-0.05, 0) is 35.3 Å².